The summed E-state index contributed by atoms with van der Waals surface area (Å²) in [6.07, 6.45) is -1.11. The molecule has 0 aliphatic heterocycles. The van der Waals surface area contributed by atoms with Crippen LogP contribution in [-0.2, 0) is 4.79 Å². The van der Waals surface area contributed by atoms with Crippen molar-refractivity contribution in [2.45, 2.75) is 20.0 Å². The monoisotopic (exact) mass is 144 g/mol. The van der Waals surface area contributed by atoms with Crippen LogP contribution in [0.2, 0.25) is 0 Å². The predicted octanol–water partition coefficient (Wildman–Crippen LogP) is 0.0498. The summed E-state index contributed by atoms with van der Waals surface area (Å²) in [5.41, 5.74) is 0. The number of rotatable bonds is 3. The standard InChI is InChI=1S/C7H14NO2/c1-4-8(5-2)7(10)6(3)9/h6,9H,3-5H2,1-2H3. The zero-order valence-corrected chi connectivity index (χ0v) is 6.50. The molecule has 0 fully saturated rings. The molecule has 10 heavy (non-hydrogen) atoms. The van der Waals surface area contributed by atoms with Crippen LogP contribution in [0, 0.1) is 6.92 Å². The van der Waals surface area contributed by atoms with Gasteiger partial charge in [0.05, 0.1) is 0 Å². The molecule has 1 atom stereocenters. The van der Waals surface area contributed by atoms with Gasteiger partial charge in [-0.1, -0.05) is 0 Å². The molecule has 0 bridgehead atoms. The van der Waals surface area contributed by atoms with Crippen LogP contribution in [0.15, 0.2) is 0 Å². The lowest BCUT2D eigenvalue weighted by atomic mass is 10.3. The molecule has 59 valence electrons. The summed E-state index contributed by atoms with van der Waals surface area (Å²) in [4.78, 5) is 12.5. The van der Waals surface area contributed by atoms with E-state index in [-0.39, 0.29) is 5.91 Å². The second-order valence-corrected chi connectivity index (χ2v) is 2.03. The molecule has 1 radical (unpaired) electrons. The van der Waals surface area contributed by atoms with Crippen LogP contribution < -0.4 is 0 Å². The van der Waals surface area contributed by atoms with Crippen molar-refractivity contribution in [1.29, 1.82) is 0 Å². The SMILES string of the molecule is [CH2]C(O)C(=O)N(CC)CC. The number of carbonyl (C=O) groups excluding carboxylic acids is 1. The summed E-state index contributed by atoms with van der Waals surface area (Å²) in [5, 5.41) is 8.75. The molecule has 0 rings (SSSR count). The van der Waals surface area contributed by atoms with Crippen molar-refractivity contribution in [1.82, 2.24) is 4.90 Å². The summed E-state index contributed by atoms with van der Waals surface area (Å²) < 4.78 is 0. The van der Waals surface area contributed by atoms with Crippen LogP contribution in [-0.4, -0.2) is 35.1 Å². The highest BCUT2D eigenvalue weighted by Crippen LogP contribution is 1.92. The average Bonchev–Trinajstić information content (AvgIpc) is 1.90. The number of hydrogen-bond donors (Lipinski definition) is 1. The van der Waals surface area contributed by atoms with Crippen LogP contribution in [0.5, 0.6) is 0 Å². The predicted molar refractivity (Wildman–Crippen MR) is 39.3 cm³/mol. The first-order valence-corrected chi connectivity index (χ1v) is 3.43. The second kappa shape index (κ2) is 4.28. The molecule has 0 aromatic rings. The van der Waals surface area contributed by atoms with Crippen LogP contribution in [0.1, 0.15) is 13.8 Å². The van der Waals surface area contributed by atoms with Crippen molar-refractivity contribution in [2.75, 3.05) is 13.1 Å². The van der Waals surface area contributed by atoms with E-state index in [2.05, 4.69) is 6.92 Å². The molecule has 1 amide bonds. The molecule has 0 heterocycles. The van der Waals surface area contributed by atoms with Crippen LogP contribution in [0.3, 0.4) is 0 Å². The molecular weight excluding hydrogens is 130 g/mol. The lowest BCUT2D eigenvalue weighted by Gasteiger charge is -2.19. The number of aliphatic hydroxyl groups is 1. The Bertz CT molecular complexity index is 108. The first-order valence-electron chi connectivity index (χ1n) is 3.43. The maximum absolute atomic E-state index is 10.9. The van der Waals surface area contributed by atoms with E-state index in [1.807, 2.05) is 13.8 Å². The highest BCUT2D eigenvalue weighted by Gasteiger charge is 2.14. The van der Waals surface area contributed by atoms with Gasteiger partial charge in [-0.25, -0.2) is 0 Å². The summed E-state index contributed by atoms with van der Waals surface area (Å²) in [7, 11) is 0. The van der Waals surface area contributed by atoms with E-state index in [9.17, 15) is 4.79 Å². The first-order chi connectivity index (χ1) is 4.63. The van der Waals surface area contributed by atoms with Crippen molar-refractivity contribution >= 4 is 5.91 Å². The highest BCUT2D eigenvalue weighted by molar-refractivity contribution is 5.81. The smallest absolute Gasteiger partial charge is 0.251 e. The Labute approximate surface area is 61.6 Å². The minimum Gasteiger partial charge on any atom is -0.383 e. The maximum Gasteiger partial charge on any atom is 0.251 e. The van der Waals surface area contributed by atoms with E-state index in [4.69, 9.17) is 5.11 Å². The van der Waals surface area contributed by atoms with Crippen molar-refractivity contribution in [3.8, 4) is 0 Å². The van der Waals surface area contributed by atoms with Crippen LogP contribution >= 0.6 is 0 Å². The topological polar surface area (TPSA) is 40.5 Å². The van der Waals surface area contributed by atoms with Gasteiger partial charge < -0.3 is 10.0 Å². The highest BCUT2D eigenvalue weighted by atomic mass is 16.3. The average molecular weight is 144 g/mol. The quantitative estimate of drug-likeness (QED) is 0.608. The molecule has 1 unspecified atom stereocenters. The summed E-state index contributed by atoms with van der Waals surface area (Å²) in [5.74, 6) is -0.301. The molecule has 0 spiro atoms. The zero-order valence-electron chi connectivity index (χ0n) is 6.50. The normalized spacial score (nSPS) is 12.8. The second-order valence-electron chi connectivity index (χ2n) is 2.03. The van der Waals surface area contributed by atoms with E-state index < -0.39 is 6.10 Å². The Balaban J connectivity index is 3.89. The fourth-order valence-electron chi connectivity index (χ4n) is 0.746. The fourth-order valence-corrected chi connectivity index (χ4v) is 0.746. The maximum atomic E-state index is 10.9. The Hall–Kier alpha value is -0.570. The lowest BCUT2D eigenvalue weighted by molar-refractivity contribution is -0.137. The number of hydrogen-bond acceptors (Lipinski definition) is 2. The van der Waals surface area contributed by atoms with Gasteiger partial charge in [-0.3, -0.25) is 4.79 Å². The molecule has 0 aromatic heterocycles. The largest absolute Gasteiger partial charge is 0.383 e. The lowest BCUT2D eigenvalue weighted by Crippen LogP contribution is -2.37. The molecule has 0 saturated heterocycles. The molecule has 3 nitrogen and oxygen atoms in total. The van der Waals surface area contributed by atoms with E-state index in [1.165, 1.54) is 4.90 Å². The van der Waals surface area contributed by atoms with E-state index in [1.54, 1.807) is 0 Å². The van der Waals surface area contributed by atoms with Crippen LogP contribution in [0.25, 0.3) is 0 Å². The molecule has 0 saturated carbocycles. The zero-order chi connectivity index (χ0) is 8.15. The Morgan fingerprint density at radius 2 is 2.00 bits per heavy atom. The van der Waals surface area contributed by atoms with Gasteiger partial charge in [-0.2, -0.15) is 0 Å². The number of amides is 1. The summed E-state index contributed by atoms with van der Waals surface area (Å²) in [6, 6.07) is 0. The molecular formula is C7H14NO2. The molecule has 0 aromatic carbocycles. The van der Waals surface area contributed by atoms with Crippen molar-refractivity contribution < 1.29 is 9.90 Å². The number of likely N-dealkylation sites (N-methyl/N-ethyl adjacent to an activating group) is 1. The van der Waals surface area contributed by atoms with Gasteiger partial charge in [-0.05, 0) is 20.8 Å². The summed E-state index contributed by atoms with van der Waals surface area (Å²) in [6.45, 7) is 8.20. The van der Waals surface area contributed by atoms with Crippen LogP contribution in [0.4, 0.5) is 0 Å². The number of aliphatic hydroxyl groups excluding tert-OH is 1. The van der Waals surface area contributed by atoms with E-state index >= 15 is 0 Å². The van der Waals surface area contributed by atoms with E-state index in [0.717, 1.165) is 0 Å². The van der Waals surface area contributed by atoms with Gasteiger partial charge in [0.2, 0.25) is 0 Å². The number of nitrogens with zero attached hydrogens (tertiary/aromatic N) is 1. The minimum absolute atomic E-state index is 0.301. The van der Waals surface area contributed by atoms with Crippen molar-refractivity contribution in [3.63, 3.8) is 0 Å². The van der Waals surface area contributed by atoms with Gasteiger partial charge >= 0.3 is 0 Å². The van der Waals surface area contributed by atoms with Gasteiger partial charge in [0.15, 0.2) is 0 Å². The van der Waals surface area contributed by atoms with E-state index in [0.29, 0.717) is 13.1 Å². The third-order valence-electron chi connectivity index (χ3n) is 1.36. The Morgan fingerprint density at radius 3 is 2.10 bits per heavy atom. The van der Waals surface area contributed by atoms with Crippen molar-refractivity contribution in [2.24, 2.45) is 0 Å². The van der Waals surface area contributed by atoms with Crippen molar-refractivity contribution in [3.05, 3.63) is 6.92 Å². The molecule has 0 aliphatic rings. The first kappa shape index (κ1) is 9.43. The molecule has 0 aliphatic carbocycles. The van der Waals surface area contributed by atoms with Gasteiger partial charge in [-0.15, -0.1) is 0 Å². The van der Waals surface area contributed by atoms with Gasteiger partial charge in [0.1, 0.15) is 6.10 Å². The molecule has 1 N–H and O–H groups in total. The third-order valence-corrected chi connectivity index (χ3v) is 1.36. The Kier molecular flexibility index (Phi) is 4.03. The minimum atomic E-state index is -1.11. The summed E-state index contributed by atoms with van der Waals surface area (Å²) >= 11 is 0. The fraction of sp³-hybridized carbons (Fsp3) is 0.714. The molecule has 3 heteroatoms. The number of carbonyl (C=O) groups is 1. The van der Waals surface area contributed by atoms with Gasteiger partial charge in [0, 0.05) is 13.1 Å². The Morgan fingerprint density at radius 1 is 1.60 bits per heavy atom. The third kappa shape index (κ3) is 2.35. The van der Waals surface area contributed by atoms with Gasteiger partial charge in [0.25, 0.3) is 5.91 Å².